The summed E-state index contributed by atoms with van der Waals surface area (Å²) in [5.41, 5.74) is 8.26. The molecular formula is C13H18BrN3O. The highest BCUT2D eigenvalue weighted by molar-refractivity contribution is 9.10. The number of aromatic nitrogens is 2. The molecule has 0 fully saturated rings. The van der Waals surface area contributed by atoms with Crippen LogP contribution in [0.1, 0.15) is 35.9 Å². The highest BCUT2D eigenvalue weighted by Gasteiger charge is 2.17. The molecule has 2 rings (SSSR count). The van der Waals surface area contributed by atoms with E-state index in [1.165, 1.54) is 0 Å². The Morgan fingerprint density at radius 2 is 2.22 bits per heavy atom. The first-order valence-electron chi connectivity index (χ1n) is 6.05. The predicted molar refractivity (Wildman–Crippen MR) is 74.4 cm³/mol. The van der Waals surface area contributed by atoms with Crippen LogP contribution in [0.3, 0.4) is 0 Å². The van der Waals surface area contributed by atoms with Crippen LogP contribution in [-0.4, -0.2) is 9.78 Å². The smallest absolute Gasteiger partial charge is 0.121 e. The molecule has 0 aliphatic rings. The first-order valence-corrected chi connectivity index (χ1v) is 6.84. The number of nitrogens with zero attached hydrogens (tertiary/aromatic N) is 2. The van der Waals surface area contributed by atoms with E-state index >= 15 is 0 Å². The fourth-order valence-electron chi connectivity index (χ4n) is 1.99. The Labute approximate surface area is 115 Å². The molecule has 2 aromatic heterocycles. The molecule has 0 radical (unpaired) electrons. The lowest BCUT2D eigenvalue weighted by Crippen LogP contribution is -2.15. The minimum atomic E-state index is -0.142. The van der Waals surface area contributed by atoms with Crippen molar-refractivity contribution >= 4 is 15.9 Å². The maximum atomic E-state index is 6.19. The Balaban J connectivity index is 2.18. The Morgan fingerprint density at radius 1 is 1.50 bits per heavy atom. The van der Waals surface area contributed by atoms with E-state index in [9.17, 15) is 0 Å². The predicted octanol–water partition coefficient (Wildman–Crippen LogP) is 2.89. The van der Waals surface area contributed by atoms with Crippen molar-refractivity contribution in [2.24, 2.45) is 12.8 Å². The maximum Gasteiger partial charge on any atom is 0.121 e. The van der Waals surface area contributed by atoms with Crippen LogP contribution in [0.25, 0.3) is 0 Å². The molecule has 0 saturated carbocycles. The van der Waals surface area contributed by atoms with Crippen LogP contribution >= 0.6 is 15.9 Å². The summed E-state index contributed by atoms with van der Waals surface area (Å²) in [5, 5.41) is 4.36. The van der Waals surface area contributed by atoms with E-state index in [-0.39, 0.29) is 6.04 Å². The van der Waals surface area contributed by atoms with E-state index in [1.54, 1.807) is 0 Å². The van der Waals surface area contributed by atoms with Crippen molar-refractivity contribution < 1.29 is 4.42 Å². The second kappa shape index (κ2) is 5.28. The number of aryl methyl sites for hydroxylation is 3. The highest BCUT2D eigenvalue weighted by atomic mass is 79.9. The van der Waals surface area contributed by atoms with Gasteiger partial charge in [0.05, 0.1) is 21.9 Å². The van der Waals surface area contributed by atoms with Gasteiger partial charge in [0.25, 0.3) is 0 Å². The Morgan fingerprint density at radius 3 is 2.72 bits per heavy atom. The summed E-state index contributed by atoms with van der Waals surface area (Å²) in [6, 6.07) is 3.80. The second-order valence-corrected chi connectivity index (χ2v) is 5.23. The molecule has 0 aliphatic carbocycles. The summed E-state index contributed by atoms with van der Waals surface area (Å²) >= 11 is 3.55. The molecule has 0 bridgehead atoms. The summed E-state index contributed by atoms with van der Waals surface area (Å²) in [6.45, 7) is 4.04. The number of halogens is 1. The van der Waals surface area contributed by atoms with Crippen molar-refractivity contribution in [3.05, 3.63) is 39.5 Å². The molecule has 0 spiro atoms. The van der Waals surface area contributed by atoms with Gasteiger partial charge in [-0.25, -0.2) is 0 Å². The zero-order valence-corrected chi connectivity index (χ0v) is 12.5. The zero-order chi connectivity index (χ0) is 13.3. The van der Waals surface area contributed by atoms with E-state index < -0.39 is 0 Å². The molecule has 2 N–H and O–H groups in total. The Hall–Kier alpha value is -1.07. The molecule has 0 amide bonds. The van der Waals surface area contributed by atoms with E-state index in [2.05, 4.69) is 28.0 Å². The summed E-state index contributed by atoms with van der Waals surface area (Å²) in [7, 11) is 1.93. The first-order chi connectivity index (χ1) is 8.52. The maximum absolute atomic E-state index is 6.19. The van der Waals surface area contributed by atoms with Gasteiger partial charge in [-0.1, -0.05) is 6.92 Å². The average Bonchev–Trinajstić information content (AvgIpc) is 2.90. The van der Waals surface area contributed by atoms with Crippen LogP contribution in [0.4, 0.5) is 0 Å². The normalized spacial score (nSPS) is 12.9. The number of nitrogens with two attached hydrogens (primary N) is 1. The molecule has 2 aromatic rings. The van der Waals surface area contributed by atoms with Gasteiger partial charge in [-0.05, 0) is 35.0 Å². The third kappa shape index (κ3) is 2.52. The van der Waals surface area contributed by atoms with E-state index in [0.29, 0.717) is 6.42 Å². The van der Waals surface area contributed by atoms with Crippen molar-refractivity contribution in [1.29, 1.82) is 0 Å². The van der Waals surface area contributed by atoms with Gasteiger partial charge < -0.3 is 10.2 Å². The molecule has 2 heterocycles. The fourth-order valence-corrected chi connectivity index (χ4v) is 2.49. The van der Waals surface area contributed by atoms with Crippen molar-refractivity contribution in [2.75, 3.05) is 0 Å². The molecule has 5 heteroatoms. The highest BCUT2D eigenvalue weighted by Crippen LogP contribution is 2.25. The van der Waals surface area contributed by atoms with Crippen molar-refractivity contribution in [3.8, 4) is 0 Å². The van der Waals surface area contributed by atoms with Crippen molar-refractivity contribution in [1.82, 2.24) is 9.78 Å². The molecule has 0 aliphatic heterocycles. The van der Waals surface area contributed by atoms with Crippen molar-refractivity contribution in [3.63, 3.8) is 0 Å². The molecule has 18 heavy (non-hydrogen) atoms. The third-order valence-electron chi connectivity index (χ3n) is 3.07. The Bertz CT molecular complexity index is 544. The van der Waals surface area contributed by atoms with Crippen LogP contribution < -0.4 is 5.73 Å². The van der Waals surface area contributed by atoms with Gasteiger partial charge in [-0.2, -0.15) is 5.10 Å². The van der Waals surface area contributed by atoms with Gasteiger partial charge >= 0.3 is 0 Å². The monoisotopic (exact) mass is 311 g/mol. The number of hydrogen-bond acceptors (Lipinski definition) is 3. The third-order valence-corrected chi connectivity index (χ3v) is 4.10. The topological polar surface area (TPSA) is 57.0 Å². The quantitative estimate of drug-likeness (QED) is 0.944. The number of rotatable bonds is 4. The minimum absolute atomic E-state index is 0.142. The molecule has 4 nitrogen and oxygen atoms in total. The lowest BCUT2D eigenvalue weighted by molar-refractivity contribution is 0.430. The van der Waals surface area contributed by atoms with E-state index in [4.69, 9.17) is 10.2 Å². The SMILES string of the molecule is CCc1ccc(C(N)Cc2c(Br)c(C)nn2C)o1. The Kier molecular flexibility index (Phi) is 3.92. The van der Waals surface area contributed by atoms with Crippen LogP contribution in [0.2, 0.25) is 0 Å². The van der Waals surface area contributed by atoms with Crippen LogP contribution in [0.5, 0.6) is 0 Å². The molecular weight excluding hydrogens is 294 g/mol. The minimum Gasteiger partial charge on any atom is -0.464 e. The lowest BCUT2D eigenvalue weighted by atomic mass is 10.1. The average molecular weight is 312 g/mol. The van der Waals surface area contributed by atoms with Gasteiger partial charge in [0.1, 0.15) is 11.5 Å². The summed E-state index contributed by atoms with van der Waals surface area (Å²) < 4.78 is 8.58. The number of hydrogen-bond donors (Lipinski definition) is 1. The fraction of sp³-hybridized carbons (Fsp3) is 0.462. The largest absolute Gasteiger partial charge is 0.464 e. The van der Waals surface area contributed by atoms with Crippen molar-refractivity contribution in [2.45, 2.75) is 32.7 Å². The van der Waals surface area contributed by atoms with E-state index in [0.717, 1.165) is 33.8 Å². The summed E-state index contributed by atoms with van der Waals surface area (Å²) in [4.78, 5) is 0. The number of furan rings is 1. The van der Waals surface area contributed by atoms with Crippen LogP contribution in [0.15, 0.2) is 21.0 Å². The van der Waals surface area contributed by atoms with Gasteiger partial charge in [0.15, 0.2) is 0 Å². The van der Waals surface area contributed by atoms with Crippen LogP contribution in [-0.2, 0) is 19.9 Å². The molecule has 1 atom stereocenters. The summed E-state index contributed by atoms with van der Waals surface area (Å²) in [5.74, 6) is 1.80. The molecule has 0 aromatic carbocycles. The molecule has 0 saturated heterocycles. The molecule has 1 unspecified atom stereocenters. The van der Waals surface area contributed by atoms with Gasteiger partial charge in [-0.3, -0.25) is 4.68 Å². The van der Waals surface area contributed by atoms with Gasteiger partial charge in [-0.15, -0.1) is 0 Å². The second-order valence-electron chi connectivity index (χ2n) is 4.44. The lowest BCUT2D eigenvalue weighted by Gasteiger charge is -2.09. The summed E-state index contributed by atoms with van der Waals surface area (Å²) in [6.07, 6.45) is 1.59. The van der Waals surface area contributed by atoms with Gasteiger partial charge in [0, 0.05) is 19.9 Å². The zero-order valence-electron chi connectivity index (χ0n) is 10.9. The standard InChI is InChI=1S/C13H18BrN3O/c1-4-9-5-6-12(18-9)10(15)7-11-13(14)8(2)16-17(11)3/h5-6,10H,4,7,15H2,1-3H3. The van der Waals surface area contributed by atoms with E-state index in [1.807, 2.05) is 30.8 Å². The van der Waals surface area contributed by atoms with Crippen LogP contribution in [0, 0.1) is 6.92 Å². The van der Waals surface area contributed by atoms with Gasteiger partial charge in [0.2, 0.25) is 0 Å². The first kappa shape index (κ1) is 13.4. The molecule has 98 valence electrons.